The van der Waals surface area contributed by atoms with E-state index < -0.39 is 5.69 Å². The van der Waals surface area contributed by atoms with Crippen molar-refractivity contribution in [2.75, 3.05) is 5.32 Å². The van der Waals surface area contributed by atoms with Gasteiger partial charge in [-0.2, -0.15) is 0 Å². The molecule has 0 aliphatic rings. The van der Waals surface area contributed by atoms with E-state index >= 15 is 0 Å². The number of hydrogen-bond donors (Lipinski definition) is 1. The molecule has 0 spiro atoms. The average Bonchev–Trinajstić information content (AvgIpc) is 2.93. The molecule has 3 rings (SSSR count). The number of amides is 1. The van der Waals surface area contributed by atoms with Crippen molar-refractivity contribution in [3.63, 3.8) is 0 Å². The number of nitrogens with zero attached hydrogens (tertiary/aromatic N) is 3. The molecule has 0 saturated heterocycles. The lowest BCUT2D eigenvalue weighted by molar-refractivity contribution is -0.116. The number of fused-ring (bicyclic) bond motifs is 1. The van der Waals surface area contributed by atoms with Crippen LogP contribution in [0.15, 0.2) is 40.1 Å². The molecule has 0 aliphatic heterocycles. The molecule has 0 radical (unpaired) electrons. The molecule has 0 unspecified atom stereocenters. The van der Waals surface area contributed by atoms with Crippen molar-refractivity contribution in [2.45, 2.75) is 20.4 Å². The van der Waals surface area contributed by atoms with E-state index in [1.165, 1.54) is 11.6 Å². The average molecular weight is 340 g/mol. The van der Waals surface area contributed by atoms with Gasteiger partial charge in [0.25, 0.3) is 5.56 Å². The van der Waals surface area contributed by atoms with Gasteiger partial charge in [0.2, 0.25) is 5.91 Å². The van der Waals surface area contributed by atoms with Crippen molar-refractivity contribution >= 4 is 22.6 Å². The summed E-state index contributed by atoms with van der Waals surface area (Å²) < 4.78 is 4.04. The number of rotatable bonds is 3. The van der Waals surface area contributed by atoms with Crippen LogP contribution in [0.4, 0.5) is 5.69 Å². The van der Waals surface area contributed by atoms with Crippen LogP contribution in [0.1, 0.15) is 11.1 Å². The summed E-state index contributed by atoms with van der Waals surface area (Å²) in [6.07, 6.45) is 1.65. The van der Waals surface area contributed by atoms with E-state index in [0.29, 0.717) is 11.0 Å². The van der Waals surface area contributed by atoms with Gasteiger partial charge in [0.15, 0.2) is 0 Å². The summed E-state index contributed by atoms with van der Waals surface area (Å²) in [6.45, 7) is 3.94. The number of carbonyl (C=O) groups is 1. The lowest BCUT2D eigenvalue weighted by atomic mass is 10.1. The molecule has 0 fully saturated rings. The van der Waals surface area contributed by atoms with E-state index in [0.717, 1.165) is 21.4 Å². The minimum absolute atomic E-state index is 0.0109. The molecule has 0 saturated carbocycles. The quantitative estimate of drug-likeness (QED) is 0.780. The molecule has 1 amide bonds. The van der Waals surface area contributed by atoms with Gasteiger partial charge in [-0.3, -0.25) is 18.7 Å². The van der Waals surface area contributed by atoms with Crippen LogP contribution in [0.2, 0.25) is 0 Å². The van der Waals surface area contributed by atoms with Gasteiger partial charge < -0.3 is 9.88 Å². The molecular formula is C18H20N4O3. The summed E-state index contributed by atoms with van der Waals surface area (Å²) >= 11 is 0. The third kappa shape index (κ3) is 3.00. The molecule has 0 aliphatic carbocycles. The van der Waals surface area contributed by atoms with Crippen LogP contribution in [0.25, 0.3) is 11.0 Å². The highest BCUT2D eigenvalue weighted by atomic mass is 16.2. The van der Waals surface area contributed by atoms with Gasteiger partial charge >= 0.3 is 5.69 Å². The first-order chi connectivity index (χ1) is 11.8. The predicted molar refractivity (Wildman–Crippen MR) is 97.0 cm³/mol. The number of carbonyl (C=O) groups excluding carboxylic acids is 1. The standard InChI is InChI=1S/C18H20N4O3/c1-11-7-12(2)9-13(8-11)19-15(23)10-22-6-5-14-16(22)20(3)18(25)21(4)17(14)24/h5-9H,10H2,1-4H3,(H,19,23). The Balaban J connectivity index is 1.94. The Morgan fingerprint density at radius 2 is 1.68 bits per heavy atom. The Labute approximate surface area is 144 Å². The van der Waals surface area contributed by atoms with E-state index in [-0.39, 0.29) is 18.0 Å². The highest BCUT2D eigenvalue weighted by Gasteiger charge is 2.14. The largest absolute Gasteiger partial charge is 0.332 e. The fourth-order valence-corrected chi connectivity index (χ4v) is 3.12. The second-order valence-electron chi connectivity index (χ2n) is 6.31. The molecule has 1 aromatic carbocycles. The maximum atomic E-state index is 12.4. The smallest absolute Gasteiger partial charge is 0.325 e. The molecule has 1 N–H and O–H groups in total. The minimum Gasteiger partial charge on any atom is -0.325 e. The third-order valence-electron chi connectivity index (χ3n) is 4.18. The van der Waals surface area contributed by atoms with Crippen molar-refractivity contribution in [3.8, 4) is 0 Å². The predicted octanol–water partition coefficient (Wildman–Crippen LogP) is 1.29. The molecule has 25 heavy (non-hydrogen) atoms. The van der Waals surface area contributed by atoms with E-state index in [9.17, 15) is 14.4 Å². The summed E-state index contributed by atoms with van der Waals surface area (Å²) in [5.74, 6) is -0.226. The van der Waals surface area contributed by atoms with E-state index in [1.807, 2.05) is 32.0 Å². The zero-order valence-electron chi connectivity index (χ0n) is 14.7. The van der Waals surface area contributed by atoms with Crippen LogP contribution in [-0.4, -0.2) is 19.6 Å². The van der Waals surface area contributed by atoms with Crippen molar-refractivity contribution in [1.82, 2.24) is 13.7 Å². The normalized spacial score (nSPS) is 11.0. The van der Waals surface area contributed by atoms with Crippen molar-refractivity contribution in [1.29, 1.82) is 0 Å². The topological polar surface area (TPSA) is 78.0 Å². The Bertz CT molecular complexity index is 1080. The second-order valence-corrected chi connectivity index (χ2v) is 6.31. The Morgan fingerprint density at radius 3 is 2.32 bits per heavy atom. The summed E-state index contributed by atoms with van der Waals surface area (Å²) in [4.78, 5) is 36.7. The van der Waals surface area contributed by atoms with Crippen molar-refractivity contribution < 1.29 is 4.79 Å². The highest BCUT2D eigenvalue weighted by molar-refractivity contribution is 5.91. The Morgan fingerprint density at radius 1 is 1.04 bits per heavy atom. The van der Waals surface area contributed by atoms with Crippen LogP contribution >= 0.6 is 0 Å². The molecule has 7 heteroatoms. The summed E-state index contributed by atoms with van der Waals surface area (Å²) in [5.41, 5.74) is 2.49. The van der Waals surface area contributed by atoms with E-state index in [2.05, 4.69) is 5.32 Å². The van der Waals surface area contributed by atoms with Gasteiger partial charge in [0.1, 0.15) is 12.2 Å². The second kappa shape index (κ2) is 6.08. The zero-order valence-corrected chi connectivity index (χ0v) is 14.7. The van der Waals surface area contributed by atoms with Crippen LogP contribution in [-0.2, 0) is 25.4 Å². The van der Waals surface area contributed by atoms with Gasteiger partial charge in [-0.25, -0.2) is 4.79 Å². The molecule has 2 heterocycles. The number of aryl methyl sites for hydroxylation is 3. The maximum Gasteiger partial charge on any atom is 0.332 e. The van der Waals surface area contributed by atoms with E-state index in [1.54, 1.807) is 23.9 Å². The van der Waals surface area contributed by atoms with Gasteiger partial charge in [-0.05, 0) is 43.2 Å². The molecule has 2 aromatic heterocycles. The first-order valence-electron chi connectivity index (χ1n) is 7.91. The summed E-state index contributed by atoms with van der Waals surface area (Å²) in [6, 6.07) is 7.44. The fraction of sp³-hybridized carbons (Fsp3) is 0.278. The van der Waals surface area contributed by atoms with Gasteiger partial charge in [0.05, 0.1) is 5.39 Å². The van der Waals surface area contributed by atoms with Crippen LogP contribution in [0, 0.1) is 13.8 Å². The van der Waals surface area contributed by atoms with Crippen LogP contribution in [0.5, 0.6) is 0 Å². The Kier molecular flexibility index (Phi) is 4.08. The third-order valence-corrected chi connectivity index (χ3v) is 4.18. The van der Waals surface area contributed by atoms with Gasteiger partial charge in [0, 0.05) is 26.0 Å². The molecule has 0 atom stereocenters. The van der Waals surface area contributed by atoms with E-state index in [4.69, 9.17) is 0 Å². The first-order valence-corrected chi connectivity index (χ1v) is 7.91. The summed E-state index contributed by atoms with van der Waals surface area (Å²) in [5, 5.41) is 3.26. The maximum absolute atomic E-state index is 12.4. The number of aromatic nitrogens is 3. The SMILES string of the molecule is Cc1cc(C)cc(NC(=O)Cn2ccc3c(=O)n(C)c(=O)n(C)c32)c1. The fourth-order valence-electron chi connectivity index (χ4n) is 3.12. The lowest BCUT2D eigenvalue weighted by Crippen LogP contribution is -2.37. The molecule has 3 aromatic rings. The zero-order chi connectivity index (χ0) is 18.3. The lowest BCUT2D eigenvalue weighted by Gasteiger charge is -2.11. The van der Waals surface area contributed by atoms with Crippen LogP contribution in [0.3, 0.4) is 0 Å². The van der Waals surface area contributed by atoms with Gasteiger partial charge in [-0.1, -0.05) is 6.07 Å². The number of hydrogen-bond acceptors (Lipinski definition) is 3. The monoisotopic (exact) mass is 340 g/mol. The highest BCUT2D eigenvalue weighted by Crippen LogP contribution is 2.14. The first kappa shape index (κ1) is 16.8. The van der Waals surface area contributed by atoms with Crippen molar-refractivity contribution in [2.24, 2.45) is 14.1 Å². The number of nitrogens with one attached hydrogen (secondary N) is 1. The van der Waals surface area contributed by atoms with Crippen molar-refractivity contribution in [3.05, 3.63) is 62.4 Å². The minimum atomic E-state index is -0.424. The molecule has 130 valence electrons. The molecule has 7 nitrogen and oxygen atoms in total. The summed E-state index contributed by atoms with van der Waals surface area (Å²) in [7, 11) is 3.02. The Hall–Kier alpha value is -3.09. The molecular weight excluding hydrogens is 320 g/mol. The molecule has 0 bridgehead atoms. The van der Waals surface area contributed by atoms with Gasteiger partial charge in [-0.15, -0.1) is 0 Å². The van der Waals surface area contributed by atoms with Crippen LogP contribution < -0.4 is 16.6 Å². The number of anilines is 1. The number of benzene rings is 1.